The summed E-state index contributed by atoms with van der Waals surface area (Å²) in [4.78, 5) is 0. The van der Waals surface area contributed by atoms with Gasteiger partial charge < -0.3 is 10.2 Å². The van der Waals surface area contributed by atoms with E-state index in [4.69, 9.17) is 5.11 Å². The lowest BCUT2D eigenvalue weighted by Gasteiger charge is -2.31. The van der Waals surface area contributed by atoms with Gasteiger partial charge in [0, 0.05) is 0 Å². The molecule has 0 atom stereocenters. The molecule has 1 aromatic rings. The van der Waals surface area contributed by atoms with Crippen molar-refractivity contribution in [3.8, 4) is 11.5 Å². The molecule has 0 heterocycles. The van der Waals surface area contributed by atoms with Crippen LogP contribution in [0, 0.1) is 22.7 Å². The van der Waals surface area contributed by atoms with E-state index in [-0.39, 0.29) is 16.9 Å². The molecule has 6 rings (SSSR count). The highest BCUT2D eigenvalue weighted by Gasteiger charge is 2.77. The van der Waals surface area contributed by atoms with Crippen molar-refractivity contribution in [2.75, 3.05) is 0 Å². The van der Waals surface area contributed by atoms with E-state index >= 15 is 0 Å². The Balaban J connectivity index is 0.000000114. The Morgan fingerprint density at radius 1 is 0.909 bits per heavy atom. The minimum Gasteiger partial charge on any atom is -0.504 e. The van der Waals surface area contributed by atoms with Gasteiger partial charge in [-0.1, -0.05) is 26.8 Å². The predicted octanol–water partition coefficient (Wildman–Crippen LogP) is 4.98. The smallest absolute Gasteiger partial charge is 0.157 e. The zero-order valence-corrected chi connectivity index (χ0v) is 14.0. The normalized spacial score (nSPS) is 40.1. The van der Waals surface area contributed by atoms with Gasteiger partial charge in [0.15, 0.2) is 11.5 Å². The molecule has 5 fully saturated rings. The number of benzene rings is 1. The van der Waals surface area contributed by atoms with Gasteiger partial charge in [-0.15, -0.1) is 0 Å². The average molecular weight is 300 g/mol. The van der Waals surface area contributed by atoms with Crippen molar-refractivity contribution < 1.29 is 10.2 Å². The largest absolute Gasteiger partial charge is 0.504 e. The molecular weight excluding hydrogens is 272 g/mol. The lowest BCUT2D eigenvalue weighted by molar-refractivity contribution is 0.199. The zero-order valence-electron chi connectivity index (χ0n) is 14.0. The number of phenols is 2. The van der Waals surface area contributed by atoms with Crippen molar-refractivity contribution in [1.82, 2.24) is 0 Å². The fraction of sp³-hybridized carbons (Fsp3) is 0.700. The molecule has 2 nitrogen and oxygen atoms in total. The van der Waals surface area contributed by atoms with Crippen LogP contribution in [0.15, 0.2) is 18.2 Å². The molecular formula is C20H28O2. The van der Waals surface area contributed by atoms with Gasteiger partial charge in [-0.2, -0.15) is 0 Å². The van der Waals surface area contributed by atoms with Gasteiger partial charge in [0.05, 0.1) is 0 Å². The molecule has 22 heavy (non-hydrogen) atoms. The SMILES string of the molecule is C1C2CC34CC1CC3(C2)C4.CC(C)(C)c1ccc(O)c(O)c1. The molecule has 0 amide bonds. The van der Waals surface area contributed by atoms with Crippen molar-refractivity contribution >= 4 is 0 Å². The zero-order chi connectivity index (χ0) is 15.8. The van der Waals surface area contributed by atoms with Gasteiger partial charge in [-0.3, -0.25) is 0 Å². The van der Waals surface area contributed by atoms with E-state index < -0.39 is 0 Å². The summed E-state index contributed by atoms with van der Waals surface area (Å²) >= 11 is 0. The molecule has 2 heteroatoms. The van der Waals surface area contributed by atoms with Crippen molar-refractivity contribution in [2.45, 2.75) is 64.7 Å². The Hall–Kier alpha value is -1.18. The predicted molar refractivity (Wildman–Crippen MR) is 88.0 cm³/mol. The summed E-state index contributed by atoms with van der Waals surface area (Å²) in [5.74, 6) is 2.27. The number of aromatic hydroxyl groups is 2. The summed E-state index contributed by atoms with van der Waals surface area (Å²) in [6.45, 7) is 6.16. The maximum atomic E-state index is 9.21. The Labute approximate surface area is 133 Å². The van der Waals surface area contributed by atoms with Crippen LogP contribution in [0.25, 0.3) is 0 Å². The maximum Gasteiger partial charge on any atom is 0.157 e. The third kappa shape index (κ3) is 1.99. The van der Waals surface area contributed by atoms with Gasteiger partial charge in [0.1, 0.15) is 0 Å². The quantitative estimate of drug-likeness (QED) is 0.663. The second-order valence-corrected chi connectivity index (χ2v) is 9.48. The highest BCUT2D eigenvalue weighted by molar-refractivity contribution is 5.42. The molecule has 0 saturated heterocycles. The summed E-state index contributed by atoms with van der Waals surface area (Å²) in [5.41, 5.74) is 2.96. The van der Waals surface area contributed by atoms with E-state index in [9.17, 15) is 5.11 Å². The first kappa shape index (κ1) is 14.4. The number of rotatable bonds is 0. The standard InChI is InChI=1S/C10H14O2.C10H14/c1-10(2,3)7-4-5-8(11)9(12)6-7;1-7-2-9-4-8(1)5-10(9,3-7)6-9/h4-6,11-12H,1-3H3;7-8H,1-6H2. The van der Waals surface area contributed by atoms with Crippen LogP contribution < -0.4 is 0 Å². The fourth-order valence-corrected chi connectivity index (χ4v) is 6.07. The van der Waals surface area contributed by atoms with Crippen molar-refractivity contribution in [1.29, 1.82) is 0 Å². The average Bonchev–Trinajstić information content (AvgIpc) is 2.78. The number of hydrogen-bond donors (Lipinski definition) is 2. The van der Waals surface area contributed by atoms with Crippen LogP contribution in [-0.4, -0.2) is 10.2 Å². The Kier molecular flexibility index (Phi) is 2.76. The number of hydrogen-bond acceptors (Lipinski definition) is 2. The van der Waals surface area contributed by atoms with E-state index in [0.29, 0.717) is 0 Å². The van der Waals surface area contributed by atoms with Crippen LogP contribution in [0.2, 0.25) is 0 Å². The number of phenolic OH excluding ortho intramolecular Hbond substituents is 2. The second-order valence-electron chi connectivity index (χ2n) is 9.48. The molecule has 5 saturated carbocycles. The molecule has 120 valence electrons. The molecule has 2 spiro atoms. The highest BCUT2D eigenvalue weighted by atomic mass is 16.3. The summed E-state index contributed by atoms with van der Waals surface area (Å²) < 4.78 is 0. The first-order chi connectivity index (χ1) is 10.2. The van der Waals surface area contributed by atoms with Gasteiger partial charge in [-0.25, -0.2) is 0 Å². The first-order valence-electron chi connectivity index (χ1n) is 8.76. The first-order valence-corrected chi connectivity index (χ1v) is 8.76. The third-order valence-corrected chi connectivity index (χ3v) is 6.90. The molecule has 4 bridgehead atoms. The lowest BCUT2D eigenvalue weighted by Crippen LogP contribution is -2.20. The van der Waals surface area contributed by atoms with Crippen molar-refractivity contribution in [2.24, 2.45) is 22.7 Å². The van der Waals surface area contributed by atoms with Crippen LogP contribution in [0.3, 0.4) is 0 Å². The molecule has 0 aromatic heterocycles. The monoisotopic (exact) mass is 300 g/mol. The fourth-order valence-electron chi connectivity index (χ4n) is 6.07. The molecule has 5 aliphatic rings. The summed E-state index contributed by atoms with van der Waals surface area (Å²) in [6.07, 6.45) is 9.83. The van der Waals surface area contributed by atoms with E-state index in [0.717, 1.165) is 16.4 Å². The maximum absolute atomic E-state index is 9.21. The minimum absolute atomic E-state index is 0.00514. The Bertz CT molecular complexity index is 577. The lowest BCUT2D eigenvalue weighted by atomic mass is 9.74. The van der Waals surface area contributed by atoms with Gasteiger partial charge in [0.25, 0.3) is 0 Å². The molecule has 5 aliphatic carbocycles. The Morgan fingerprint density at radius 2 is 1.45 bits per heavy atom. The minimum atomic E-state index is -0.0667. The third-order valence-electron chi connectivity index (χ3n) is 6.90. The van der Waals surface area contributed by atoms with E-state index in [1.165, 1.54) is 17.9 Å². The molecule has 0 aliphatic heterocycles. The molecule has 2 N–H and O–H groups in total. The van der Waals surface area contributed by atoms with Gasteiger partial charge in [-0.05, 0) is 84.3 Å². The van der Waals surface area contributed by atoms with Gasteiger partial charge in [0.2, 0.25) is 0 Å². The van der Waals surface area contributed by atoms with Crippen LogP contribution in [0.1, 0.15) is 64.9 Å². The van der Waals surface area contributed by atoms with E-state index in [1.54, 1.807) is 44.6 Å². The van der Waals surface area contributed by atoms with Crippen molar-refractivity contribution in [3.63, 3.8) is 0 Å². The van der Waals surface area contributed by atoms with Crippen LogP contribution in [-0.2, 0) is 5.41 Å². The van der Waals surface area contributed by atoms with Crippen LogP contribution >= 0.6 is 0 Å². The summed E-state index contributed by atoms with van der Waals surface area (Å²) in [7, 11) is 0. The second kappa shape index (κ2) is 4.21. The molecule has 1 aromatic carbocycles. The van der Waals surface area contributed by atoms with Gasteiger partial charge >= 0.3 is 0 Å². The van der Waals surface area contributed by atoms with E-state index in [2.05, 4.69) is 20.8 Å². The Morgan fingerprint density at radius 3 is 1.86 bits per heavy atom. The summed E-state index contributed by atoms with van der Waals surface area (Å²) in [6, 6.07) is 4.92. The van der Waals surface area contributed by atoms with Crippen molar-refractivity contribution in [3.05, 3.63) is 23.8 Å². The van der Waals surface area contributed by atoms with Crippen LogP contribution in [0.4, 0.5) is 0 Å². The summed E-state index contributed by atoms with van der Waals surface area (Å²) in [5, 5.41) is 18.3. The van der Waals surface area contributed by atoms with Crippen LogP contribution in [0.5, 0.6) is 11.5 Å². The van der Waals surface area contributed by atoms with E-state index in [1.807, 2.05) is 6.07 Å². The topological polar surface area (TPSA) is 40.5 Å². The highest BCUT2D eigenvalue weighted by Crippen LogP contribution is 2.87. The molecule has 0 unspecified atom stereocenters. The molecule has 0 radical (unpaired) electrons.